The van der Waals surface area contributed by atoms with Crippen LogP contribution >= 0.6 is 0 Å². The number of aliphatic hydroxyl groups is 1. The summed E-state index contributed by atoms with van der Waals surface area (Å²) in [6.45, 7) is 6.11. The molecule has 1 aromatic carbocycles. The van der Waals surface area contributed by atoms with Gasteiger partial charge in [0, 0.05) is 12.1 Å². The molecule has 17 heavy (non-hydrogen) atoms. The molecule has 0 unspecified atom stereocenters. The minimum absolute atomic E-state index is 0.0586. The molecule has 0 aliphatic heterocycles. The number of amides is 1. The van der Waals surface area contributed by atoms with Crippen molar-refractivity contribution in [2.24, 2.45) is 0 Å². The summed E-state index contributed by atoms with van der Waals surface area (Å²) in [7, 11) is 0. The summed E-state index contributed by atoms with van der Waals surface area (Å²) in [6.07, 6.45) is 0. The summed E-state index contributed by atoms with van der Waals surface area (Å²) in [4.78, 5) is 11.5. The summed E-state index contributed by atoms with van der Waals surface area (Å²) >= 11 is 0. The van der Waals surface area contributed by atoms with E-state index in [9.17, 15) is 4.79 Å². The summed E-state index contributed by atoms with van der Waals surface area (Å²) in [5, 5.41) is 11.2. The van der Waals surface area contributed by atoms with Gasteiger partial charge in [0.05, 0.1) is 6.61 Å². The van der Waals surface area contributed by atoms with Crippen LogP contribution in [0.1, 0.15) is 31.1 Å². The summed E-state index contributed by atoms with van der Waals surface area (Å²) in [5.74, 6) is 0.539. The fraction of sp³-hybridized carbons (Fsp3) is 0.462. The van der Waals surface area contributed by atoms with Gasteiger partial charge in [-0.2, -0.15) is 0 Å². The SMILES string of the molecule is CC(C)(C)Oc1ccc(C(=O)NCCO)cc1. The van der Waals surface area contributed by atoms with Crippen LogP contribution in [0.5, 0.6) is 5.75 Å². The van der Waals surface area contributed by atoms with Gasteiger partial charge in [-0.25, -0.2) is 0 Å². The molecule has 0 radical (unpaired) electrons. The average Bonchev–Trinajstić information content (AvgIpc) is 2.24. The number of nitrogens with one attached hydrogen (secondary N) is 1. The van der Waals surface area contributed by atoms with Crippen LogP contribution in [0.4, 0.5) is 0 Å². The monoisotopic (exact) mass is 237 g/mol. The zero-order chi connectivity index (χ0) is 12.9. The maximum atomic E-state index is 11.5. The largest absolute Gasteiger partial charge is 0.488 e. The van der Waals surface area contributed by atoms with Crippen molar-refractivity contribution in [1.82, 2.24) is 5.32 Å². The first-order valence-corrected chi connectivity index (χ1v) is 5.60. The van der Waals surface area contributed by atoms with Crippen molar-refractivity contribution in [2.75, 3.05) is 13.2 Å². The molecule has 0 bridgehead atoms. The van der Waals surface area contributed by atoms with E-state index in [0.29, 0.717) is 5.56 Å². The number of rotatable bonds is 4. The first kappa shape index (κ1) is 13.5. The first-order valence-electron chi connectivity index (χ1n) is 5.60. The Balaban J connectivity index is 2.64. The second kappa shape index (κ2) is 5.68. The highest BCUT2D eigenvalue weighted by Crippen LogP contribution is 2.18. The molecule has 0 saturated heterocycles. The zero-order valence-corrected chi connectivity index (χ0v) is 10.5. The molecule has 0 aliphatic rings. The number of benzene rings is 1. The third kappa shape index (κ3) is 4.87. The molecule has 1 aromatic rings. The lowest BCUT2D eigenvalue weighted by molar-refractivity contribution is 0.0944. The van der Waals surface area contributed by atoms with Crippen molar-refractivity contribution in [3.63, 3.8) is 0 Å². The number of ether oxygens (including phenoxy) is 1. The smallest absolute Gasteiger partial charge is 0.251 e. The third-order valence-corrected chi connectivity index (χ3v) is 1.94. The van der Waals surface area contributed by atoms with E-state index in [2.05, 4.69) is 5.32 Å². The molecule has 0 heterocycles. The Bertz CT molecular complexity index is 365. The summed E-state index contributed by atoms with van der Waals surface area (Å²) < 4.78 is 5.65. The van der Waals surface area contributed by atoms with Gasteiger partial charge in [-0.05, 0) is 45.0 Å². The molecule has 0 atom stereocenters. The van der Waals surface area contributed by atoms with Gasteiger partial charge in [0.1, 0.15) is 11.4 Å². The Labute approximate surface area is 102 Å². The predicted molar refractivity (Wildman–Crippen MR) is 66.2 cm³/mol. The number of carbonyl (C=O) groups excluding carboxylic acids is 1. The first-order chi connectivity index (χ1) is 7.92. The van der Waals surface area contributed by atoms with Crippen LogP contribution in [0.15, 0.2) is 24.3 Å². The topological polar surface area (TPSA) is 58.6 Å². The van der Waals surface area contributed by atoms with Crippen LogP contribution in [0.2, 0.25) is 0 Å². The van der Waals surface area contributed by atoms with Crippen molar-refractivity contribution in [2.45, 2.75) is 26.4 Å². The van der Waals surface area contributed by atoms with Gasteiger partial charge < -0.3 is 15.2 Å². The molecular weight excluding hydrogens is 218 g/mol. The second-order valence-electron chi connectivity index (χ2n) is 4.72. The molecule has 2 N–H and O–H groups in total. The van der Waals surface area contributed by atoms with Crippen molar-refractivity contribution in [3.05, 3.63) is 29.8 Å². The highest BCUT2D eigenvalue weighted by atomic mass is 16.5. The van der Waals surface area contributed by atoms with Crippen LogP contribution in [0, 0.1) is 0 Å². The molecule has 1 amide bonds. The van der Waals surface area contributed by atoms with Crippen LogP contribution in [0.3, 0.4) is 0 Å². The van der Waals surface area contributed by atoms with Crippen molar-refractivity contribution in [1.29, 1.82) is 0 Å². The maximum Gasteiger partial charge on any atom is 0.251 e. The molecule has 4 heteroatoms. The quantitative estimate of drug-likeness (QED) is 0.836. The minimum atomic E-state index is -0.249. The Kier molecular flexibility index (Phi) is 4.52. The van der Waals surface area contributed by atoms with E-state index in [4.69, 9.17) is 9.84 Å². The number of hydrogen-bond donors (Lipinski definition) is 2. The Hall–Kier alpha value is -1.55. The van der Waals surface area contributed by atoms with Gasteiger partial charge in [-0.1, -0.05) is 0 Å². The molecule has 0 saturated carbocycles. The fourth-order valence-corrected chi connectivity index (χ4v) is 1.30. The molecule has 0 fully saturated rings. The molecular formula is C13H19NO3. The molecule has 1 rings (SSSR count). The normalized spacial score (nSPS) is 11.1. The summed E-state index contributed by atoms with van der Waals surface area (Å²) in [5.41, 5.74) is 0.306. The van der Waals surface area contributed by atoms with Crippen molar-refractivity contribution in [3.8, 4) is 5.75 Å². The number of hydrogen-bond acceptors (Lipinski definition) is 3. The third-order valence-electron chi connectivity index (χ3n) is 1.94. The lowest BCUT2D eigenvalue weighted by Crippen LogP contribution is -2.26. The molecule has 94 valence electrons. The minimum Gasteiger partial charge on any atom is -0.488 e. The van der Waals surface area contributed by atoms with Crippen LogP contribution in [-0.2, 0) is 0 Å². The number of carbonyl (C=O) groups is 1. The summed E-state index contributed by atoms with van der Waals surface area (Å²) in [6, 6.07) is 6.93. The van der Waals surface area contributed by atoms with Gasteiger partial charge in [0.2, 0.25) is 0 Å². The highest BCUT2D eigenvalue weighted by molar-refractivity contribution is 5.94. The van der Waals surface area contributed by atoms with Crippen LogP contribution in [-0.4, -0.2) is 29.8 Å². The number of aliphatic hydroxyl groups excluding tert-OH is 1. The van der Waals surface area contributed by atoms with Gasteiger partial charge >= 0.3 is 0 Å². The van der Waals surface area contributed by atoms with Gasteiger partial charge in [-0.3, -0.25) is 4.79 Å². The highest BCUT2D eigenvalue weighted by Gasteiger charge is 2.12. The fourth-order valence-electron chi connectivity index (χ4n) is 1.30. The lowest BCUT2D eigenvalue weighted by atomic mass is 10.1. The Morgan fingerprint density at radius 2 is 1.88 bits per heavy atom. The van der Waals surface area contributed by atoms with Gasteiger partial charge in [-0.15, -0.1) is 0 Å². The molecule has 0 aliphatic carbocycles. The van der Waals surface area contributed by atoms with Crippen LogP contribution < -0.4 is 10.1 Å². The predicted octanol–water partition coefficient (Wildman–Crippen LogP) is 1.59. The van der Waals surface area contributed by atoms with E-state index < -0.39 is 0 Å². The standard InChI is InChI=1S/C13H19NO3/c1-13(2,3)17-11-6-4-10(5-7-11)12(16)14-8-9-15/h4-7,15H,8-9H2,1-3H3,(H,14,16). The van der Waals surface area contributed by atoms with Gasteiger partial charge in [0.25, 0.3) is 5.91 Å². The van der Waals surface area contributed by atoms with E-state index in [0.717, 1.165) is 5.75 Å². The van der Waals surface area contributed by atoms with Crippen molar-refractivity contribution < 1.29 is 14.6 Å². The van der Waals surface area contributed by atoms with E-state index in [1.807, 2.05) is 20.8 Å². The van der Waals surface area contributed by atoms with Crippen LogP contribution in [0.25, 0.3) is 0 Å². The molecule has 4 nitrogen and oxygen atoms in total. The second-order valence-corrected chi connectivity index (χ2v) is 4.72. The molecule has 0 spiro atoms. The lowest BCUT2D eigenvalue weighted by Gasteiger charge is -2.21. The average molecular weight is 237 g/mol. The van der Waals surface area contributed by atoms with E-state index >= 15 is 0 Å². The van der Waals surface area contributed by atoms with E-state index in [-0.39, 0.29) is 24.7 Å². The maximum absolute atomic E-state index is 11.5. The Morgan fingerprint density at radius 1 is 1.29 bits per heavy atom. The van der Waals surface area contributed by atoms with Gasteiger partial charge in [0.15, 0.2) is 0 Å². The van der Waals surface area contributed by atoms with E-state index in [1.54, 1.807) is 24.3 Å². The van der Waals surface area contributed by atoms with Crippen molar-refractivity contribution >= 4 is 5.91 Å². The zero-order valence-electron chi connectivity index (χ0n) is 10.5. The Morgan fingerprint density at radius 3 is 2.35 bits per heavy atom. The molecule has 0 aromatic heterocycles. The van der Waals surface area contributed by atoms with E-state index in [1.165, 1.54) is 0 Å².